The Morgan fingerprint density at radius 1 is 0.971 bits per heavy atom. The van der Waals surface area contributed by atoms with Crippen molar-refractivity contribution in [2.24, 2.45) is 5.11 Å². The number of azide groups is 1. The van der Waals surface area contributed by atoms with Gasteiger partial charge < -0.3 is 4.74 Å². The molecule has 0 amide bonds. The average molecular weight is 451 g/mol. The molecule has 5 rings (SSSR count). The molecule has 3 aromatic rings. The maximum atomic E-state index is 12.6. The van der Waals surface area contributed by atoms with Crippen LogP contribution in [0, 0.1) is 0 Å². The van der Waals surface area contributed by atoms with Crippen molar-refractivity contribution in [2.45, 2.75) is 37.0 Å². The third kappa shape index (κ3) is 3.58. The van der Waals surface area contributed by atoms with Gasteiger partial charge in [0.25, 0.3) is 0 Å². The molecule has 0 spiro atoms. The maximum Gasteiger partial charge on any atom is 0.333 e. The zero-order valence-corrected chi connectivity index (χ0v) is 19.0. The molecule has 1 heterocycles. The van der Waals surface area contributed by atoms with Gasteiger partial charge in [0.05, 0.1) is 18.2 Å². The lowest BCUT2D eigenvalue weighted by atomic mass is 9.76. The first-order chi connectivity index (χ1) is 16.7. The van der Waals surface area contributed by atoms with Gasteiger partial charge >= 0.3 is 5.97 Å². The molecular weight excluding hydrogens is 424 g/mol. The van der Waals surface area contributed by atoms with Gasteiger partial charge in [-0.25, -0.2) is 4.79 Å². The molecule has 6 nitrogen and oxygen atoms in total. The van der Waals surface area contributed by atoms with Crippen LogP contribution in [-0.2, 0) is 15.1 Å². The van der Waals surface area contributed by atoms with Gasteiger partial charge in [-0.2, -0.15) is 0 Å². The number of benzene rings is 3. The van der Waals surface area contributed by atoms with Gasteiger partial charge in [-0.05, 0) is 35.6 Å². The summed E-state index contributed by atoms with van der Waals surface area (Å²) in [5, 5.41) is 4.13. The third-order valence-electron chi connectivity index (χ3n) is 6.80. The van der Waals surface area contributed by atoms with Gasteiger partial charge in [-0.3, -0.25) is 4.90 Å². The van der Waals surface area contributed by atoms with E-state index in [1.54, 1.807) is 6.92 Å². The minimum atomic E-state index is -0.622. The zero-order valence-electron chi connectivity index (χ0n) is 19.0. The molecule has 170 valence electrons. The summed E-state index contributed by atoms with van der Waals surface area (Å²) in [6.45, 7) is 2.10. The Balaban J connectivity index is 1.74. The van der Waals surface area contributed by atoms with Crippen molar-refractivity contribution in [2.75, 3.05) is 6.61 Å². The second-order valence-corrected chi connectivity index (χ2v) is 8.59. The van der Waals surface area contributed by atoms with Gasteiger partial charge in [0.1, 0.15) is 0 Å². The van der Waals surface area contributed by atoms with E-state index in [0.29, 0.717) is 18.6 Å². The highest BCUT2D eigenvalue weighted by Gasteiger charge is 2.63. The quantitative estimate of drug-likeness (QED) is 0.117. The fraction of sp³-hybridized carbons (Fsp3) is 0.250. The van der Waals surface area contributed by atoms with E-state index >= 15 is 0 Å². The predicted molar refractivity (Wildman–Crippen MR) is 131 cm³/mol. The number of ether oxygens (including phenoxy) is 1. The Labute approximate surface area is 199 Å². The highest BCUT2D eigenvalue weighted by Crippen LogP contribution is 2.55. The number of fused-ring (bicyclic) bond motifs is 1. The average Bonchev–Trinajstić information content (AvgIpc) is 3.62. The van der Waals surface area contributed by atoms with Crippen LogP contribution in [0.15, 0.2) is 108 Å². The van der Waals surface area contributed by atoms with Crippen LogP contribution in [0.5, 0.6) is 0 Å². The molecule has 0 N–H and O–H groups in total. The van der Waals surface area contributed by atoms with Crippen molar-refractivity contribution in [3.8, 4) is 0 Å². The summed E-state index contributed by atoms with van der Waals surface area (Å²) in [7, 11) is 0. The van der Waals surface area contributed by atoms with Gasteiger partial charge in [0, 0.05) is 22.6 Å². The van der Waals surface area contributed by atoms with E-state index in [4.69, 9.17) is 4.74 Å². The van der Waals surface area contributed by atoms with E-state index in [0.717, 1.165) is 16.7 Å². The van der Waals surface area contributed by atoms with Crippen LogP contribution in [0.2, 0.25) is 0 Å². The summed E-state index contributed by atoms with van der Waals surface area (Å²) >= 11 is 0. The molecule has 2 aliphatic rings. The summed E-state index contributed by atoms with van der Waals surface area (Å²) < 4.78 is 5.29. The van der Waals surface area contributed by atoms with Crippen LogP contribution in [0.25, 0.3) is 10.4 Å². The smallest absolute Gasteiger partial charge is 0.333 e. The number of esters is 1. The van der Waals surface area contributed by atoms with E-state index in [1.807, 2.05) is 60.7 Å². The van der Waals surface area contributed by atoms with Crippen LogP contribution < -0.4 is 0 Å². The van der Waals surface area contributed by atoms with Crippen LogP contribution in [0.1, 0.15) is 30.0 Å². The Morgan fingerprint density at radius 2 is 1.47 bits per heavy atom. The molecule has 4 atom stereocenters. The van der Waals surface area contributed by atoms with E-state index in [-0.39, 0.29) is 24.1 Å². The first kappa shape index (κ1) is 22.0. The van der Waals surface area contributed by atoms with Crippen LogP contribution in [0.3, 0.4) is 0 Å². The molecule has 1 aliphatic carbocycles. The SMILES string of the molecule is CCOC(=O)C1=C[C@H]2[C@@H]([C@@H](N=[N+]=[N-])C1)N2C(c1ccccc1)(c1ccccc1)c1ccccc1. The minimum Gasteiger partial charge on any atom is -0.463 e. The van der Waals surface area contributed by atoms with Crippen LogP contribution in [0.4, 0.5) is 0 Å². The highest BCUT2D eigenvalue weighted by molar-refractivity contribution is 5.89. The Hall–Kier alpha value is -3.86. The van der Waals surface area contributed by atoms with Crippen molar-refractivity contribution >= 4 is 5.97 Å². The molecule has 1 saturated heterocycles. The Morgan fingerprint density at radius 3 is 1.91 bits per heavy atom. The molecule has 1 unspecified atom stereocenters. The van der Waals surface area contributed by atoms with Crippen LogP contribution in [-0.4, -0.2) is 35.6 Å². The molecule has 1 fully saturated rings. The molecule has 0 radical (unpaired) electrons. The molecule has 0 saturated carbocycles. The van der Waals surface area contributed by atoms with Gasteiger partial charge in [-0.1, -0.05) is 102 Å². The second-order valence-electron chi connectivity index (χ2n) is 8.59. The fourth-order valence-electron chi connectivity index (χ4n) is 5.46. The van der Waals surface area contributed by atoms with E-state index in [1.165, 1.54) is 0 Å². The lowest BCUT2D eigenvalue weighted by Crippen LogP contribution is -2.40. The first-order valence-corrected chi connectivity index (χ1v) is 11.6. The fourth-order valence-corrected chi connectivity index (χ4v) is 5.46. The summed E-state index contributed by atoms with van der Waals surface area (Å²) in [5.74, 6) is -0.337. The molecule has 34 heavy (non-hydrogen) atoms. The van der Waals surface area contributed by atoms with Crippen molar-refractivity contribution in [1.82, 2.24) is 4.90 Å². The van der Waals surface area contributed by atoms with E-state index < -0.39 is 5.54 Å². The molecule has 0 aromatic heterocycles. The lowest BCUT2D eigenvalue weighted by molar-refractivity contribution is -0.138. The molecule has 0 bridgehead atoms. The van der Waals surface area contributed by atoms with Crippen molar-refractivity contribution in [1.29, 1.82) is 0 Å². The minimum absolute atomic E-state index is 0.0327. The molecule has 3 aromatic carbocycles. The summed E-state index contributed by atoms with van der Waals surface area (Å²) in [5.41, 5.74) is 12.6. The highest BCUT2D eigenvalue weighted by atomic mass is 16.5. The summed E-state index contributed by atoms with van der Waals surface area (Å²) in [4.78, 5) is 18.2. The predicted octanol–water partition coefficient (Wildman–Crippen LogP) is 5.60. The summed E-state index contributed by atoms with van der Waals surface area (Å²) in [6.07, 6.45) is 2.38. The maximum absolute atomic E-state index is 12.6. The van der Waals surface area contributed by atoms with Gasteiger partial charge in [0.15, 0.2) is 0 Å². The molecule has 1 aliphatic heterocycles. The van der Waals surface area contributed by atoms with Gasteiger partial charge in [0.2, 0.25) is 0 Å². The Kier molecular flexibility index (Phi) is 5.93. The normalized spacial score (nSPS) is 23.1. The van der Waals surface area contributed by atoms with Crippen molar-refractivity contribution in [3.63, 3.8) is 0 Å². The number of carbonyl (C=O) groups is 1. The zero-order chi connectivity index (χ0) is 23.5. The third-order valence-corrected chi connectivity index (χ3v) is 6.80. The standard InChI is InChI=1S/C28H26N4O2/c1-2-34-27(33)20-18-24(30-31-29)26-25(19-20)32(26)28(21-12-6-3-7-13-21,22-14-8-4-9-15-22)23-16-10-5-11-17-23/h3-17,19,24-26H,2,18H2,1H3/t24-,25-,26+,32?/m0/s1. The number of hydrogen-bond acceptors (Lipinski definition) is 4. The molecule has 6 heteroatoms. The number of carbonyl (C=O) groups excluding carboxylic acids is 1. The molecular formula is C28H26N4O2. The second kappa shape index (κ2) is 9.18. The van der Waals surface area contributed by atoms with Crippen molar-refractivity contribution in [3.05, 3.63) is 130 Å². The lowest BCUT2D eigenvalue weighted by Gasteiger charge is -2.39. The number of nitrogens with zero attached hydrogens (tertiary/aromatic N) is 4. The Bertz CT molecular complexity index is 1140. The monoisotopic (exact) mass is 450 g/mol. The first-order valence-electron chi connectivity index (χ1n) is 11.6. The van der Waals surface area contributed by atoms with E-state index in [9.17, 15) is 10.3 Å². The van der Waals surface area contributed by atoms with Crippen LogP contribution >= 0.6 is 0 Å². The summed E-state index contributed by atoms with van der Waals surface area (Å²) in [6, 6.07) is 30.7. The van der Waals surface area contributed by atoms with Crippen molar-refractivity contribution < 1.29 is 9.53 Å². The number of rotatable bonds is 7. The topological polar surface area (TPSA) is 78.1 Å². The van der Waals surface area contributed by atoms with Gasteiger partial charge in [-0.15, -0.1) is 0 Å². The largest absolute Gasteiger partial charge is 0.463 e. The van der Waals surface area contributed by atoms with E-state index in [2.05, 4.69) is 51.3 Å². The number of hydrogen-bond donors (Lipinski definition) is 0.